The first kappa shape index (κ1) is 18.0. The Bertz CT molecular complexity index is 787. The molecule has 5 heteroatoms. The Labute approximate surface area is 153 Å². The molecule has 2 aromatic rings. The molecule has 0 saturated heterocycles. The summed E-state index contributed by atoms with van der Waals surface area (Å²) >= 11 is 0. The monoisotopic (exact) mass is 353 g/mol. The smallest absolute Gasteiger partial charge is 0.344 e. The molecule has 1 atom stereocenters. The van der Waals surface area contributed by atoms with E-state index >= 15 is 0 Å². The van der Waals surface area contributed by atoms with E-state index in [9.17, 15) is 9.59 Å². The van der Waals surface area contributed by atoms with Gasteiger partial charge in [-0.3, -0.25) is 4.79 Å². The van der Waals surface area contributed by atoms with Crippen LogP contribution in [0.25, 0.3) is 0 Å². The molecule has 0 radical (unpaired) electrons. The summed E-state index contributed by atoms with van der Waals surface area (Å²) in [5.41, 5.74) is 3.36. The molecule has 0 bridgehead atoms. The SMILES string of the molecule is Cc1ccccc1OCC(=O)OCC(=O)N[C@H]1CCCc2ccccc21. The summed E-state index contributed by atoms with van der Waals surface area (Å²) in [6, 6.07) is 15.5. The number of ether oxygens (including phenoxy) is 2. The van der Waals surface area contributed by atoms with E-state index in [0.29, 0.717) is 5.75 Å². The third-order valence-electron chi connectivity index (χ3n) is 4.51. The van der Waals surface area contributed by atoms with Gasteiger partial charge in [0.2, 0.25) is 0 Å². The van der Waals surface area contributed by atoms with Crippen molar-refractivity contribution in [2.24, 2.45) is 0 Å². The fourth-order valence-corrected chi connectivity index (χ4v) is 3.18. The van der Waals surface area contributed by atoms with Crippen LogP contribution in [0.15, 0.2) is 48.5 Å². The van der Waals surface area contributed by atoms with Crippen molar-refractivity contribution in [2.45, 2.75) is 32.2 Å². The Morgan fingerprint density at radius 1 is 1.08 bits per heavy atom. The van der Waals surface area contributed by atoms with E-state index in [1.165, 1.54) is 5.56 Å². The molecule has 3 rings (SSSR count). The lowest BCUT2D eigenvalue weighted by Gasteiger charge is -2.26. The summed E-state index contributed by atoms with van der Waals surface area (Å²) in [6.45, 7) is 1.38. The Morgan fingerprint density at radius 3 is 2.69 bits per heavy atom. The highest BCUT2D eigenvalue weighted by Crippen LogP contribution is 2.29. The zero-order valence-corrected chi connectivity index (χ0v) is 14.9. The molecule has 0 spiro atoms. The number of benzene rings is 2. The quantitative estimate of drug-likeness (QED) is 0.811. The first-order valence-corrected chi connectivity index (χ1v) is 8.84. The minimum Gasteiger partial charge on any atom is -0.482 e. The van der Waals surface area contributed by atoms with Crippen LogP contribution in [0.3, 0.4) is 0 Å². The number of aryl methyl sites for hydroxylation is 2. The van der Waals surface area contributed by atoms with Gasteiger partial charge in [0.25, 0.3) is 5.91 Å². The number of hydrogen-bond donors (Lipinski definition) is 1. The Morgan fingerprint density at radius 2 is 1.85 bits per heavy atom. The molecule has 0 aromatic heterocycles. The molecule has 0 heterocycles. The van der Waals surface area contributed by atoms with Crippen molar-refractivity contribution < 1.29 is 19.1 Å². The number of para-hydroxylation sites is 1. The summed E-state index contributed by atoms with van der Waals surface area (Å²) < 4.78 is 10.4. The highest BCUT2D eigenvalue weighted by molar-refractivity contribution is 5.81. The van der Waals surface area contributed by atoms with Crippen molar-refractivity contribution in [3.8, 4) is 5.75 Å². The second-order valence-electron chi connectivity index (χ2n) is 6.43. The molecular formula is C21H23NO4. The number of amides is 1. The predicted octanol–water partition coefficient (Wildman–Crippen LogP) is 3.11. The molecule has 1 amide bonds. The minimum absolute atomic E-state index is 0.0191. The van der Waals surface area contributed by atoms with Crippen LogP contribution in [0.1, 0.15) is 35.6 Å². The molecule has 1 aliphatic carbocycles. The summed E-state index contributed by atoms with van der Waals surface area (Å²) in [5.74, 6) is -0.226. The average Bonchev–Trinajstić information content (AvgIpc) is 2.66. The second-order valence-corrected chi connectivity index (χ2v) is 6.43. The highest BCUT2D eigenvalue weighted by Gasteiger charge is 2.21. The van der Waals surface area contributed by atoms with E-state index in [0.717, 1.165) is 30.4 Å². The van der Waals surface area contributed by atoms with Crippen LogP contribution in [0.5, 0.6) is 5.75 Å². The molecule has 136 valence electrons. The van der Waals surface area contributed by atoms with Crippen LogP contribution in [-0.4, -0.2) is 25.1 Å². The van der Waals surface area contributed by atoms with Crippen LogP contribution >= 0.6 is 0 Å². The van der Waals surface area contributed by atoms with Crippen LogP contribution in [0, 0.1) is 6.92 Å². The van der Waals surface area contributed by atoms with Gasteiger partial charge in [-0.1, -0.05) is 42.5 Å². The lowest BCUT2D eigenvalue weighted by molar-refractivity contribution is -0.150. The number of rotatable bonds is 6. The topological polar surface area (TPSA) is 64.6 Å². The van der Waals surface area contributed by atoms with Gasteiger partial charge in [-0.2, -0.15) is 0 Å². The van der Waals surface area contributed by atoms with E-state index in [1.807, 2.05) is 43.3 Å². The van der Waals surface area contributed by atoms with E-state index in [4.69, 9.17) is 9.47 Å². The lowest BCUT2D eigenvalue weighted by Crippen LogP contribution is -2.34. The van der Waals surface area contributed by atoms with Gasteiger partial charge in [0.1, 0.15) is 5.75 Å². The van der Waals surface area contributed by atoms with Gasteiger partial charge in [0.05, 0.1) is 6.04 Å². The third kappa shape index (κ3) is 4.63. The molecule has 0 saturated carbocycles. The zero-order chi connectivity index (χ0) is 18.4. The minimum atomic E-state index is -0.563. The van der Waals surface area contributed by atoms with Crippen molar-refractivity contribution >= 4 is 11.9 Å². The molecule has 0 aliphatic heterocycles. The third-order valence-corrected chi connectivity index (χ3v) is 4.51. The van der Waals surface area contributed by atoms with E-state index in [-0.39, 0.29) is 25.2 Å². The number of carbonyl (C=O) groups excluding carboxylic acids is 2. The van der Waals surface area contributed by atoms with E-state index < -0.39 is 5.97 Å². The summed E-state index contributed by atoms with van der Waals surface area (Å²) in [4.78, 5) is 23.9. The Hall–Kier alpha value is -2.82. The van der Waals surface area contributed by atoms with Crippen molar-refractivity contribution in [3.05, 3.63) is 65.2 Å². The van der Waals surface area contributed by atoms with Crippen LogP contribution in [-0.2, 0) is 20.7 Å². The van der Waals surface area contributed by atoms with Gasteiger partial charge >= 0.3 is 5.97 Å². The maximum absolute atomic E-state index is 12.1. The number of nitrogens with one attached hydrogen (secondary N) is 1. The van der Waals surface area contributed by atoms with Gasteiger partial charge in [0, 0.05) is 0 Å². The maximum Gasteiger partial charge on any atom is 0.344 e. The molecular weight excluding hydrogens is 330 g/mol. The van der Waals surface area contributed by atoms with Gasteiger partial charge in [-0.25, -0.2) is 4.79 Å². The average molecular weight is 353 g/mol. The molecule has 26 heavy (non-hydrogen) atoms. The zero-order valence-electron chi connectivity index (χ0n) is 14.9. The number of carbonyl (C=O) groups is 2. The number of fused-ring (bicyclic) bond motifs is 1. The van der Waals surface area contributed by atoms with Crippen molar-refractivity contribution in [1.29, 1.82) is 0 Å². The van der Waals surface area contributed by atoms with Gasteiger partial charge in [-0.05, 0) is 48.9 Å². The van der Waals surface area contributed by atoms with Crippen molar-refractivity contribution in [3.63, 3.8) is 0 Å². The van der Waals surface area contributed by atoms with E-state index in [2.05, 4.69) is 11.4 Å². The Balaban J connectivity index is 1.44. The van der Waals surface area contributed by atoms with E-state index in [1.54, 1.807) is 6.07 Å². The summed E-state index contributed by atoms with van der Waals surface area (Å²) in [5, 5.41) is 2.96. The van der Waals surface area contributed by atoms with Crippen LogP contribution < -0.4 is 10.1 Å². The molecule has 5 nitrogen and oxygen atoms in total. The summed E-state index contributed by atoms with van der Waals surface area (Å²) in [6.07, 6.45) is 2.97. The maximum atomic E-state index is 12.1. The molecule has 1 aliphatic rings. The number of hydrogen-bond acceptors (Lipinski definition) is 4. The standard InChI is InChI=1S/C21H23NO4/c1-15-7-2-5-12-19(15)25-14-21(24)26-13-20(23)22-18-11-6-9-16-8-3-4-10-17(16)18/h2-5,7-8,10,12,18H,6,9,11,13-14H2,1H3,(H,22,23)/t18-/m0/s1. The normalized spacial score (nSPS) is 15.7. The first-order valence-electron chi connectivity index (χ1n) is 8.84. The molecule has 1 N–H and O–H groups in total. The van der Waals surface area contributed by atoms with Gasteiger partial charge < -0.3 is 14.8 Å². The largest absolute Gasteiger partial charge is 0.482 e. The molecule has 2 aromatic carbocycles. The molecule has 0 unspecified atom stereocenters. The Kier molecular flexibility index (Phi) is 5.89. The summed E-state index contributed by atoms with van der Waals surface area (Å²) in [7, 11) is 0. The fourth-order valence-electron chi connectivity index (χ4n) is 3.18. The first-order chi connectivity index (χ1) is 12.6. The van der Waals surface area contributed by atoms with Crippen molar-refractivity contribution in [1.82, 2.24) is 5.32 Å². The van der Waals surface area contributed by atoms with Gasteiger partial charge in [-0.15, -0.1) is 0 Å². The molecule has 0 fully saturated rings. The number of esters is 1. The highest BCUT2D eigenvalue weighted by atomic mass is 16.6. The van der Waals surface area contributed by atoms with Crippen LogP contribution in [0.2, 0.25) is 0 Å². The predicted molar refractivity (Wildman–Crippen MR) is 97.9 cm³/mol. The van der Waals surface area contributed by atoms with Crippen molar-refractivity contribution in [2.75, 3.05) is 13.2 Å². The fraction of sp³-hybridized carbons (Fsp3) is 0.333. The second kappa shape index (κ2) is 8.52. The lowest BCUT2D eigenvalue weighted by atomic mass is 9.88. The van der Waals surface area contributed by atoms with Gasteiger partial charge in [0.15, 0.2) is 13.2 Å². The van der Waals surface area contributed by atoms with Crippen LogP contribution in [0.4, 0.5) is 0 Å².